The van der Waals surface area contributed by atoms with Crippen molar-refractivity contribution in [2.24, 2.45) is 0 Å². The summed E-state index contributed by atoms with van der Waals surface area (Å²) in [7, 11) is 1.60. The van der Waals surface area contributed by atoms with Crippen LogP contribution in [0.3, 0.4) is 0 Å². The molecular weight excluding hydrogens is 330 g/mol. The van der Waals surface area contributed by atoms with Gasteiger partial charge in [0.1, 0.15) is 6.61 Å². The highest BCUT2D eigenvalue weighted by atomic mass is 35.5. The second kappa shape index (κ2) is 9.84. The number of hydrogen-bond acceptors (Lipinski definition) is 5. The van der Waals surface area contributed by atoms with E-state index >= 15 is 0 Å². The van der Waals surface area contributed by atoms with E-state index in [1.807, 2.05) is 12.1 Å². The van der Waals surface area contributed by atoms with Gasteiger partial charge in [-0.3, -0.25) is 4.79 Å². The van der Waals surface area contributed by atoms with Gasteiger partial charge in [0.2, 0.25) is 5.91 Å². The number of carbonyl (C=O) groups is 1. The molecule has 1 amide bonds. The van der Waals surface area contributed by atoms with Gasteiger partial charge in [-0.2, -0.15) is 0 Å². The number of anilines is 2. The molecule has 6 nitrogen and oxygen atoms in total. The molecule has 0 unspecified atom stereocenters. The number of piperazine rings is 1. The summed E-state index contributed by atoms with van der Waals surface area (Å²) in [5, 5.41) is 3.50. The minimum Gasteiger partial charge on any atom is -0.382 e. The zero-order valence-corrected chi connectivity index (χ0v) is 15.1. The van der Waals surface area contributed by atoms with Crippen LogP contribution in [0.25, 0.3) is 0 Å². The maximum Gasteiger partial charge on any atom is 0.250 e. The largest absolute Gasteiger partial charge is 0.382 e. The van der Waals surface area contributed by atoms with Gasteiger partial charge < -0.3 is 24.6 Å². The van der Waals surface area contributed by atoms with Crippen molar-refractivity contribution in [1.82, 2.24) is 4.90 Å². The third-order valence-electron chi connectivity index (χ3n) is 4.06. The predicted octanol–water partition coefficient (Wildman–Crippen LogP) is 2.08. The van der Waals surface area contributed by atoms with Gasteiger partial charge in [-0.1, -0.05) is 18.5 Å². The van der Waals surface area contributed by atoms with Crippen molar-refractivity contribution in [3.63, 3.8) is 0 Å². The first kappa shape index (κ1) is 19.0. The summed E-state index contributed by atoms with van der Waals surface area (Å²) in [6.07, 6.45) is 0. The SMILES string of the molecule is CCN1CCN(c2ccc(Cl)cc2NC(=O)COCCOC)CC1. The lowest BCUT2D eigenvalue weighted by Crippen LogP contribution is -2.46. The second-order valence-electron chi connectivity index (χ2n) is 5.68. The Bertz CT molecular complexity index is 534. The van der Waals surface area contributed by atoms with Crippen LogP contribution in [0.1, 0.15) is 6.92 Å². The Hall–Kier alpha value is -1.34. The van der Waals surface area contributed by atoms with Gasteiger partial charge in [-0.05, 0) is 24.7 Å². The molecule has 0 spiro atoms. The molecule has 0 saturated carbocycles. The van der Waals surface area contributed by atoms with Gasteiger partial charge in [-0.15, -0.1) is 0 Å². The molecule has 0 bridgehead atoms. The Morgan fingerprint density at radius 2 is 2.00 bits per heavy atom. The molecule has 0 aromatic heterocycles. The zero-order chi connectivity index (χ0) is 17.4. The van der Waals surface area contributed by atoms with Crippen molar-refractivity contribution in [2.75, 3.05) is 69.9 Å². The Morgan fingerprint density at radius 1 is 1.25 bits per heavy atom. The van der Waals surface area contributed by atoms with Crippen molar-refractivity contribution in [1.29, 1.82) is 0 Å². The minimum absolute atomic E-state index is 0.00107. The molecule has 1 aromatic rings. The number of halogens is 1. The maximum absolute atomic E-state index is 12.1. The van der Waals surface area contributed by atoms with E-state index in [2.05, 4.69) is 22.0 Å². The number of likely N-dealkylation sites (N-methyl/N-ethyl adjacent to an activating group) is 1. The van der Waals surface area contributed by atoms with Crippen LogP contribution in [0.2, 0.25) is 5.02 Å². The highest BCUT2D eigenvalue weighted by molar-refractivity contribution is 6.31. The molecule has 1 heterocycles. The summed E-state index contributed by atoms with van der Waals surface area (Å²) in [6, 6.07) is 5.61. The average molecular weight is 356 g/mol. The zero-order valence-electron chi connectivity index (χ0n) is 14.4. The van der Waals surface area contributed by atoms with Crippen LogP contribution in [-0.2, 0) is 14.3 Å². The summed E-state index contributed by atoms with van der Waals surface area (Å²) < 4.78 is 10.2. The number of methoxy groups -OCH3 is 1. The standard InChI is InChI=1S/C17H26ClN3O3/c1-3-20-6-8-21(9-7-20)16-5-4-14(18)12-15(16)19-17(22)13-24-11-10-23-2/h4-5,12H,3,6-11,13H2,1-2H3,(H,19,22). The van der Waals surface area contributed by atoms with E-state index in [0.29, 0.717) is 18.2 Å². The number of nitrogens with zero attached hydrogens (tertiary/aromatic N) is 2. The quantitative estimate of drug-likeness (QED) is 0.724. The monoisotopic (exact) mass is 355 g/mol. The van der Waals surface area contributed by atoms with Gasteiger partial charge in [-0.25, -0.2) is 0 Å². The molecule has 134 valence electrons. The van der Waals surface area contributed by atoms with Gasteiger partial charge in [0.25, 0.3) is 0 Å². The summed E-state index contributed by atoms with van der Waals surface area (Å²) in [4.78, 5) is 16.8. The first-order valence-corrected chi connectivity index (χ1v) is 8.65. The van der Waals surface area contributed by atoms with E-state index in [0.717, 1.165) is 44.1 Å². The van der Waals surface area contributed by atoms with Gasteiger partial charge >= 0.3 is 0 Å². The van der Waals surface area contributed by atoms with Crippen LogP contribution in [-0.4, -0.2) is 70.5 Å². The molecule has 24 heavy (non-hydrogen) atoms. The lowest BCUT2D eigenvalue weighted by molar-refractivity contribution is -0.121. The smallest absolute Gasteiger partial charge is 0.250 e. The minimum atomic E-state index is -0.193. The van der Waals surface area contributed by atoms with Gasteiger partial charge in [0.05, 0.1) is 24.6 Å². The van der Waals surface area contributed by atoms with E-state index in [1.165, 1.54) is 0 Å². The molecule has 1 N–H and O–H groups in total. The highest BCUT2D eigenvalue weighted by Crippen LogP contribution is 2.30. The number of ether oxygens (including phenoxy) is 2. The number of nitrogens with one attached hydrogen (secondary N) is 1. The van der Waals surface area contributed by atoms with E-state index in [1.54, 1.807) is 13.2 Å². The highest BCUT2D eigenvalue weighted by Gasteiger charge is 2.19. The van der Waals surface area contributed by atoms with E-state index < -0.39 is 0 Å². The number of benzene rings is 1. The number of hydrogen-bond donors (Lipinski definition) is 1. The third kappa shape index (κ3) is 5.63. The first-order chi connectivity index (χ1) is 11.6. The number of amides is 1. The Morgan fingerprint density at radius 3 is 2.67 bits per heavy atom. The maximum atomic E-state index is 12.1. The molecule has 0 radical (unpaired) electrons. The first-order valence-electron chi connectivity index (χ1n) is 8.27. The van der Waals surface area contributed by atoms with E-state index in [-0.39, 0.29) is 12.5 Å². The fraction of sp³-hybridized carbons (Fsp3) is 0.588. The summed E-state index contributed by atoms with van der Waals surface area (Å²) in [5.74, 6) is -0.193. The van der Waals surface area contributed by atoms with Gasteiger partial charge in [0.15, 0.2) is 0 Å². The van der Waals surface area contributed by atoms with Crippen LogP contribution in [0, 0.1) is 0 Å². The van der Waals surface area contributed by atoms with E-state index in [4.69, 9.17) is 21.1 Å². The summed E-state index contributed by atoms with van der Waals surface area (Å²) in [5.41, 5.74) is 1.73. The Labute approximate surface area is 148 Å². The molecule has 0 aliphatic carbocycles. The summed E-state index contributed by atoms with van der Waals surface area (Å²) in [6.45, 7) is 8.01. The molecule has 0 atom stereocenters. The molecule has 1 aromatic carbocycles. The van der Waals surface area contributed by atoms with Crippen LogP contribution in [0.15, 0.2) is 18.2 Å². The van der Waals surface area contributed by atoms with Crippen LogP contribution in [0.4, 0.5) is 11.4 Å². The fourth-order valence-corrected chi connectivity index (χ4v) is 2.85. The van der Waals surface area contributed by atoms with Crippen LogP contribution >= 0.6 is 11.6 Å². The van der Waals surface area contributed by atoms with Gasteiger partial charge in [0, 0.05) is 38.3 Å². The Balaban J connectivity index is 1.98. The molecule has 7 heteroatoms. The third-order valence-corrected chi connectivity index (χ3v) is 4.29. The fourth-order valence-electron chi connectivity index (χ4n) is 2.68. The molecular formula is C17H26ClN3O3. The lowest BCUT2D eigenvalue weighted by atomic mass is 10.2. The molecule has 1 fully saturated rings. The number of rotatable bonds is 8. The van der Waals surface area contributed by atoms with Crippen molar-refractivity contribution < 1.29 is 14.3 Å². The topological polar surface area (TPSA) is 54.0 Å². The van der Waals surface area contributed by atoms with Crippen molar-refractivity contribution in [3.05, 3.63) is 23.2 Å². The van der Waals surface area contributed by atoms with Crippen molar-refractivity contribution in [3.8, 4) is 0 Å². The second-order valence-corrected chi connectivity index (χ2v) is 6.11. The Kier molecular flexibility index (Phi) is 7.78. The predicted molar refractivity (Wildman–Crippen MR) is 97.1 cm³/mol. The number of carbonyl (C=O) groups excluding carboxylic acids is 1. The van der Waals surface area contributed by atoms with Crippen molar-refractivity contribution in [2.45, 2.75) is 6.92 Å². The van der Waals surface area contributed by atoms with Crippen molar-refractivity contribution >= 4 is 28.9 Å². The molecule has 1 aliphatic heterocycles. The average Bonchev–Trinajstić information content (AvgIpc) is 2.59. The molecule has 1 saturated heterocycles. The normalized spacial score (nSPS) is 15.5. The molecule has 2 rings (SSSR count). The van der Waals surface area contributed by atoms with E-state index in [9.17, 15) is 4.79 Å². The lowest BCUT2D eigenvalue weighted by Gasteiger charge is -2.36. The molecule has 1 aliphatic rings. The summed E-state index contributed by atoms with van der Waals surface area (Å²) >= 11 is 6.10. The van der Waals surface area contributed by atoms with Crippen LogP contribution in [0.5, 0.6) is 0 Å². The van der Waals surface area contributed by atoms with Crippen LogP contribution < -0.4 is 10.2 Å².